The smallest absolute Gasteiger partial charge is 0.330 e. The first-order valence-electron chi connectivity index (χ1n) is 5.15. The van der Waals surface area contributed by atoms with Gasteiger partial charge >= 0.3 is 5.97 Å². The molecule has 0 spiro atoms. The van der Waals surface area contributed by atoms with Gasteiger partial charge < -0.3 is 9.15 Å². The number of furan rings is 1. The summed E-state index contributed by atoms with van der Waals surface area (Å²) in [5.41, 5.74) is 0. The van der Waals surface area contributed by atoms with Gasteiger partial charge in [-0.25, -0.2) is 4.79 Å². The van der Waals surface area contributed by atoms with E-state index in [4.69, 9.17) is 9.15 Å². The highest BCUT2D eigenvalue weighted by molar-refractivity contribution is 5.86. The van der Waals surface area contributed by atoms with Gasteiger partial charge in [0.15, 0.2) is 0 Å². The first-order valence-corrected chi connectivity index (χ1v) is 5.15. The van der Waals surface area contributed by atoms with Crippen LogP contribution in [0.25, 0.3) is 6.08 Å². The van der Waals surface area contributed by atoms with E-state index in [0.717, 1.165) is 5.76 Å². The van der Waals surface area contributed by atoms with E-state index in [-0.39, 0.29) is 5.97 Å². The Balaban J connectivity index is 1.79. The Hall–Kier alpha value is -1.51. The first kappa shape index (κ1) is 10.0. The lowest BCUT2D eigenvalue weighted by Gasteiger charge is -1.97. The van der Waals surface area contributed by atoms with E-state index in [9.17, 15) is 4.79 Å². The highest BCUT2D eigenvalue weighted by atomic mass is 16.5. The van der Waals surface area contributed by atoms with E-state index < -0.39 is 0 Å². The van der Waals surface area contributed by atoms with Gasteiger partial charge in [-0.3, -0.25) is 0 Å². The van der Waals surface area contributed by atoms with Crippen molar-refractivity contribution in [2.24, 2.45) is 5.92 Å². The molecule has 0 amide bonds. The Morgan fingerprint density at radius 2 is 2.40 bits per heavy atom. The molecule has 0 aliphatic heterocycles. The molecule has 3 heteroatoms. The van der Waals surface area contributed by atoms with Crippen LogP contribution in [0.15, 0.2) is 22.6 Å². The standard InChI is InChI=1S/C12H14O3/c1-9-2-5-11(15-9)6-7-12(13)14-8-10-3-4-10/h2,5-7,10H,3-4,8H2,1H3/b7-6+. The van der Waals surface area contributed by atoms with Crippen LogP contribution in [0.5, 0.6) is 0 Å². The molecular formula is C12H14O3. The lowest BCUT2D eigenvalue weighted by Crippen LogP contribution is -2.03. The lowest BCUT2D eigenvalue weighted by molar-refractivity contribution is -0.138. The molecule has 1 aromatic rings. The Bertz CT molecular complexity index is 372. The van der Waals surface area contributed by atoms with Crippen molar-refractivity contribution in [2.75, 3.05) is 6.61 Å². The number of hydrogen-bond acceptors (Lipinski definition) is 3. The van der Waals surface area contributed by atoms with Crippen LogP contribution in [-0.2, 0) is 9.53 Å². The summed E-state index contributed by atoms with van der Waals surface area (Å²) in [5.74, 6) is 1.82. The van der Waals surface area contributed by atoms with Crippen LogP contribution in [0, 0.1) is 12.8 Å². The molecule has 0 N–H and O–H groups in total. The number of aryl methyl sites for hydroxylation is 1. The second-order valence-electron chi connectivity index (χ2n) is 3.86. The van der Waals surface area contributed by atoms with Crippen LogP contribution < -0.4 is 0 Å². The maximum atomic E-state index is 11.2. The summed E-state index contributed by atoms with van der Waals surface area (Å²) in [4.78, 5) is 11.2. The van der Waals surface area contributed by atoms with E-state index in [1.807, 2.05) is 19.1 Å². The average Bonchev–Trinajstić information content (AvgIpc) is 2.95. The zero-order valence-electron chi connectivity index (χ0n) is 8.73. The molecule has 3 nitrogen and oxygen atoms in total. The Morgan fingerprint density at radius 1 is 1.60 bits per heavy atom. The highest BCUT2D eigenvalue weighted by Crippen LogP contribution is 2.28. The second kappa shape index (κ2) is 4.34. The van der Waals surface area contributed by atoms with Gasteiger partial charge in [-0.05, 0) is 43.9 Å². The Kier molecular flexibility index (Phi) is 2.90. The van der Waals surface area contributed by atoms with Gasteiger partial charge in [0.25, 0.3) is 0 Å². The molecule has 0 unspecified atom stereocenters. The zero-order valence-corrected chi connectivity index (χ0v) is 8.73. The predicted molar refractivity (Wildman–Crippen MR) is 56.2 cm³/mol. The summed E-state index contributed by atoms with van der Waals surface area (Å²) in [5, 5.41) is 0. The molecule has 1 heterocycles. The molecule has 0 atom stereocenters. The molecule has 1 saturated carbocycles. The molecule has 0 radical (unpaired) electrons. The van der Waals surface area contributed by atoms with Gasteiger partial charge in [0.05, 0.1) is 6.61 Å². The van der Waals surface area contributed by atoms with Gasteiger partial charge in [-0.1, -0.05) is 0 Å². The fraction of sp³-hybridized carbons (Fsp3) is 0.417. The molecule has 1 aliphatic rings. The molecule has 1 fully saturated rings. The van der Waals surface area contributed by atoms with Crippen LogP contribution in [-0.4, -0.2) is 12.6 Å². The molecule has 0 bridgehead atoms. The maximum Gasteiger partial charge on any atom is 0.330 e. The van der Waals surface area contributed by atoms with Crippen molar-refractivity contribution in [1.29, 1.82) is 0 Å². The third-order valence-corrected chi connectivity index (χ3v) is 2.30. The van der Waals surface area contributed by atoms with Crippen LogP contribution in [0.4, 0.5) is 0 Å². The van der Waals surface area contributed by atoms with Crippen LogP contribution in [0.1, 0.15) is 24.4 Å². The highest BCUT2D eigenvalue weighted by Gasteiger charge is 2.22. The van der Waals surface area contributed by atoms with Crippen molar-refractivity contribution in [3.8, 4) is 0 Å². The molecule has 0 aromatic carbocycles. The van der Waals surface area contributed by atoms with Crippen LogP contribution in [0.3, 0.4) is 0 Å². The molecule has 2 rings (SSSR count). The van der Waals surface area contributed by atoms with Crippen LogP contribution in [0.2, 0.25) is 0 Å². The molecule has 0 saturated heterocycles. The third kappa shape index (κ3) is 3.27. The van der Waals surface area contributed by atoms with E-state index in [0.29, 0.717) is 18.3 Å². The number of esters is 1. The zero-order chi connectivity index (χ0) is 10.7. The topological polar surface area (TPSA) is 39.4 Å². The largest absolute Gasteiger partial charge is 0.462 e. The van der Waals surface area contributed by atoms with Crippen molar-refractivity contribution in [3.05, 3.63) is 29.7 Å². The fourth-order valence-corrected chi connectivity index (χ4v) is 1.23. The molecule has 1 aliphatic carbocycles. The number of ether oxygens (including phenoxy) is 1. The SMILES string of the molecule is Cc1ccc(/C=C/C(=O)OCC2CC2)o1. The van der Waals surface area contributed by atoms with E-state index in [2.05, 4.69) is 0 Å². The normalized spacial score (nSPS) is 15.8. The number of carbonyl (C=O) groups is 1. The lowest BCUT2D eigenvalue weighted by atomic mass is 10.4. The third-order valence-electron chi connectivity index (χ3n) is 2.30. The van der Waals surface area contributed by atoms with E-state index in [1.165, 1.54) is 18.9 Å². The number of hydrogen-bond donors (Lipinski definition) is 0. The molecule has 80 valence electrons. The molecule has 15 heavy (non-hydrogen) atoms. The summed E-state index contributed by atoms with van der Waals surface area (Å²) in [6.07, 6.45) is 5.41. The monoisotopic (exact) mass is 206 g/mol. The van der Waals surface area contributed by atoms with Gasteiger partial charge in [0.2, 0.25) is 0 Å². The molecular weight excluding hydrogens is 192 g/mol. The first-order chi connectivity index (χ1) is 7.24. The second-order valence-corrected chi connectivity index (χ2v) is 3.86. The van der Waals surface area contributed by atoms with Crippen molar-refractivity contribution >= 4 is 12.0 Å². The van der Waals surface area contributed by atoms with Crippen molar-refractivity contribution in [2.45, 2.75) is 19.8 Å². The summed E-state index contributed by atoms with van der Waals surface area (Å²) in [6.45, 7) is 2.42. The predicted octanol–water partition coefficient (Wildman–Crippen LogP) is 2.55. The van der Waals surface area contributed by atoms with E-state index >= 15 is 0 Å². The molecule has 1 aromatic heterocycles. The van der Waals surface area contributed by atoms with Gasteiger partial charge in [0.1, 0.15) is 11.5 Å². The summed E-state index contributed by atoms with van der Waals surface area (Å²) in [6, 6.07) is 3.68. The van der Waals surface area contributed by atoms with Crippen molar-refractivity contribution < 1.29 is 13.9 Å². The van der Waals surface area contributed by atoms with Gasteiger partial charge in [-0.15, -0.1) is 0 Å². The quantitative estimate of drug-likeness (QED) is 0.561. The minimum atomic E-state index is -0.295. The van der Waals surface area contributed by atoms with Crippen molar-refractivity contribution in [1.82, 2.24) is 0 Å². The Morgan fingerprint density at radius 3 is 3.00 bits per heavy atom. The number of rotatable bonds is 4. The summed E-state index contributed by atoms with van der Waals surface area (Å²) in [7, 11) is 0. The Labute approximate surface area is 88.7 Å². The summed E-state index contributed by atoms with van der Waals surface area (Å²) < 4.78 is 10.3. The van der Waals surface area contributed by atoms with Gasteiger partial charge in [-0.2, -0.15) is 0 Å². The van der Waals surface area contributed by atoms with Crippen molar-refractivity contribution in [3.63, 3.8) is 0 Å². The minimum Gasteiger partial charge on any atom is -0.462 e. The number of carbonyl (C=O) groups excluding carboxylic acids is 1. The van der Waals surface area contributed by atoms with Gasteiger partial charge in [0, 0.05) is 6.08 Å². The van der Waals surface area contributed by atoms with Crippen LogP contribution >= 0.6 is 0 Å². The summed E-state index contributed by atoms with van der Waals surface area (Å²) >= 11 is 0. The maximum absolute atomic E-state index is 11.2. The minimum absolute atomic E-state index is 0.295. The average molecular weight is 206 g/mol. The van der Waals surface area contributed by atoms with E-state index in [1.54, 1.807) is 6.08 Å². The fourth-order valence-electron chi connectivity index (χ4n) is 1.23.